The van der Waals surface area contributed by atoms with Crippen molar-refractivity contribution in [2.24, 2.45) is 13.0 Å². The number of aryl methyl sites for hydroxylation is 1. The third-order valence-electron chi connectivity index (χ3n) is 3.80. The van der Waals surface area contributed by atoms with Crippen LogP contribution in [0, 0.1) is 5.92 Å². The summed E-state index contributed by atoms with van der Waals surface area (Å²) in [5, 5.41) is 3.03. The molecule has 1 aromatic heterocycles. The van der Waals surface area contributed by atoms with Crippen molar-refractivity contribution >= 4 is 10.0 Å². The van der Waals surface area contributed by atoms with Gasteiger partial charge in [-0.15, -0.1) is 0 Å². The molecule has 2 heterocycles. The fourth-order valence-electron chi connectivity index (χ4n) is 2.58. The van der Waals surface area contributed by atoms with Gasteiger partial charge in [0.25, 0.3) is 0 Å². The minimum atomic E-state index is -3.40. The molecule has 0 spiro atoms. The topological polar surface area (TPSA) is 66.4 Å². The van der Waals surface area contributed by atoms with E-state index in [1.165, 1.54) is 0 Å². The van der Waals surface area contributed by atoms with Gasteiger partial charge in [0.15, 0.2) is 0 Å². The van der Waals surface area contributed by atoms with Crippen LogP contribution in [0.25, 0.3) is 0 Å². The van der Waals surface area contributed by atoms with E-state index < -0.39 is 10.0 Å². The number of aromatic nitrogens is 1. The number of likely N-dealkylation sites (tertiary alicyclic amines) is 1. The Bertz CT molecular complexity index is 553. The molecule has 2 rings (SSSR count). The second-order valence-electron chi connectivity index (χ2n) is 5.58. The Morgan fingerprint density at radius 2 is 2.15 bits per heavy atom. The van der Waals surface area contributed by atoms with Crippen LogP contribution in [0.2, 0.25) is 0 Å². The Labute approximate surface area is 121 Å². The Hall–Kier alpha value is -0.890. The number of hydrogen-bond donors (Lipinski definition) is 2. The van der Waals surface area contributed by atoms with Gasteiger partial charge in [0, 0.05) is 38.6 Å². The summed E-state index contributed by atoms with van der Waals surface area (Å²) in [4.78, 5) is 2.57. The van der Waals surface area contributed by atoms with Gasteiger partial charge in [0.1, 0.15) is 0 Å². The molecular weight excluding hydrogens is 276 g/mol. The van der Waals surface area contributed by atoms with E-state index in [4.69, 9.17) is 0 Å². The number of nitrogens with one attached hydrogen (secondary N) is 2. The molecule has 6 nitrogen and oxygen atoms in total. The number of sulfonamides is 1. The maximum absolute atomic E-state index is 12.3. The molecule has 20 heavy (non-hydrogen) atoms. The molecule has 0 saturated carbocycles. The van der Waals surface area contributed by atoms with Gasteiger partial charge in [0.2, 0.25) is 10.0 Å². The molecule has 1 fully saturated rings. The van der Waals surface area contributed by atoms with Gasteiger partial charge < -0.3 is 14.8 Å². The molecule has 1 aliphatic rings. The monoisotopic (exact) mass is 300 g/mol. The largest absolute Gasteiger partial charge is 0.352 e. The van der Waals surface area contributed by atoms with Crippen molar-refractivity contribution in [3.63, 3.8) is 0 Å². The molecule has 0 aromatic carbocycles. The van der Waals surface area contributed by atoms with Gasteiger partial charge in [-0.1, -0.05) is 0 Å². The summed E-state index contributed by atoms with van der Waals surface area (Å²) in [6.07, 6.45) is 2.72. The highest BCUT2D eigenvalue weighted by Crippen LogP contribution is 2.16. The third kappa shape index (κ3) is 3.60. The second-order valence-corrected chi connectivity index (χ2v) is 7.34. The average molecular weight is 300 g/mol. The third-order valence-corrected chi connectivity index (χ3v) is 5.19. The predicted octanol–water partition coefficient (Wildman–Crippen LogP) is -0.0255. The zero-order valence-corrected chi connectivity index (χ0v) is 13.2. The summed E-state index contributed by atoms with van der Waals surface area (Å²) in [7, 11) is 2.36. The lowest BCUT2D eigenvalue weighted by atomic mass is 10.1. The van der Waals surface area contributed by atoms with E-state index in [1.807, 2.05) is 18.7 Å². The van der Waals surface area contributed by atoms with Crippen LogP contribution in [0.15, 0.2) is 17.2 Å². The maximum atomic E-state index is 12.3. The minimum Gasteiger partial charge on any atom is -0.352 e. The molecule has 1 unspecified atom stereocenters. The second kappa shape index (κ2) is 6.26. The van der Waals surface area contributed by atoms with Crippen molar-refractivity contribution in [3.8, 4) is 0 Å². The van der Waals surface area contributed by atoms with Gasteiger partial charge >= 0.3 is 0 Å². The average Bonchev–Trinajstić information content (AvgIpc) is 2.95. The van der Waals surface area contributed by atoms with Crippen LogP contribution in [0.3, 0.4) is 0 Å². The van der Waals surface area contributed by atoms with Crippen LogP contribution in [-0.4, -0.2) is 51.6 Å². The molecule has 0 radical (unpaired) electrons. The molecule has 1 saturated heterocycles. The highest BCUT2D eigenvalue weighted by Gasteiger charge is 2.23. The van der Waals surface area contributed by atoms with Crippen LogP contribution < -0.4 is 10.0 Å². The van der Waals surface area contributed by atoms with Crippen molar-refractivity contribution in [3.05, 3.63) is 18.0 Å². The predicted molar refractivity (Wildman–Crippen MR) is 79.0 cm³/mol. The van der Waals surface area contributed by atoms with Crippen LogP contribution in [0.4, 0.5) is 0 Å². The highest BCUT2D eigenvalue weighted by molar-refractivity contribution is 7.89. The first-order chi connectivity index (χ1) is 9.42. The summed E-state index contributed by atoms with van der Waals surface area (Å²) in [6, 6.07) is 1.72. The van der Waals surface area contributed by atoms with E-state index in [2.05, 4.69) is 22.0 Å². The molecule has 0 amide bonds. The van der Waals surface area contributed by atoms with E-state index in [0.29, 0.717) is 23.9 Å². The van der Waals surface area contributed by atoms with E-state index in [0.717, 1.165) is 25.2 Å². The van der Waals surface area contributed by atoms with E-state index >= 15 is 0 Å². The molecule has 1 atom stereocenters. The molecule has 0 bridgehead atoms. The zero-order chi connectivity index (χ0) is 14.8. The first-order valence-electron chi connectivity index (χ1n) is 6.90. The van der Waals surface area contributed by atoms with E-state index in [-0.39, 0.29) is 0 Å². The molecule has 2 N–H and O–H groups in total. The van der Waals surface area contributed by atoms with E-state index in [9.17, 15) is 8.42 Å². The molecule has 114 valence electrons. The van der Waals surface area contributed by atoms with Gasteiger partial charge in [-0.2, -0.15) is 0 Å². The fourth-order valence-corrected chi connectivity index (χ4v) is 3.79. The molecule has 7 heteroatoms. The van der Waals surface area contributed by atoms with Gasteiger partial charge in [-0.3, -0.25) is 0 Å². The maximum Gasteiger partial charge on any atom is 0.242 e. The Morgan fingerprint density at radius 1 is 1.40 bits per heavy atom. The smallest absolute Gasteiger partial charge is 0.242 e. The van der Waals surface area contributed by atoms with Gasteiger partial charge in [-0.25, -0.2) is 13.1 Å². The quantitative estimate of drug-likeness (QED) is 0.774. The highest BCUT2D eigenvalue weighted by atomic mass is 32.2. The normalized spacial score (nSPS) is 20.6. The Kier molecular flexibility index (Phi) is 4.85. The van der Waals surface area contributed by atoms with Crippen molar-refractivity contribution in [2.75, 3.05) is 33.7 Å². The van der Waals surface area contributed by atoms with Crippen molar-refractivity contribution < 1.29 is 8.42 Å². The van der Waals surface area contributed by atoms with Crippen LogP contribution in [-0.2, 0) is 23.6 Å². The molecule has 1 aliphatic heterocycles. The van der Waals surface area contributed by atoms with Crippen LogP contribution in [0.5, 0.6) is 0 Å². The molecular formula is C13H24N4O2S. The van der Waals surface area contributed by atoms with E-state index in [1.54, 1.807) is 12.3 Å². The lowest BCUT2D eigenvalue weighted by Gasteiger charge is -2.11. The van der Waals surface area contributed by atoms with Crippen LogP contribution in [0.1, 0.15) is 12.1 Å². The van der Waals surface area contributed by atoms with Gasteiger partial charge in [0.05, 0.1) is 4.90 Å². The molecule has 1 aromatic rings. The lowest BCUT2D eigenvalue weighted by Crippen LogP contribution is -2.30. The summed E-state index contributed by atoms with van der Waals surface area (Å²) >= 11 is 0. The fraction of sp³-hybridized carbons (Fsp3) is 0.692. The summed E-state index contributed by atoms with van der Waals surface area (Å²) < 4.78 is 29.1. The standard InChI is InChI=1S/C13H24N4O2S/c1-14-8-12-6-13(10-17(12)3)20(18,19)15-7-11-4-5-16(2)9-11/h6,10-11,14-15H,4-5,7-9H2,1-3H3. The Balaban J connectivity index is 2.01. The summed E-state index contributed by atoms with van der Waals surface area (Å²) in [6.45, 7) is 3.18. The number of nitrogens with zero attached hydrogens (tertiary/aromatic N) is 2. The van der Waals surface area contributed by atoms with Crippen molar-refractivity contribution in [1.82, 2.24) is 19.5 Å². The minimum absolute atomic E-state index is 0.344. The number of rotatable bonds is 6. The first kappa shape index (κ1) is 15.5. The zero-order valence-electron chi connectivity index (χ0n) is 12.4. The number of hydrogen-bond acceptors (Lipinski definition) is 4. The summed E-state index contributed by atoms with van der Waals surface area (Å²) in [5.41, 5.74) is 0.952. The lowest BCUT2D eigenvalue weighted by molar-refractivity contribution is 0.394. The molecule has 0 aliphatic carbocycles. The SMILES string of the molecule is CNCc1cc(S(=O)(=O)NCC2CCN(C)C2)cn1C. The van der Waals surface area contributed by atoms with Gasteiger partial charge in [-0.05, 0) is 39.0 Å². The summed E-state index contributed by atoms with van der Waals surface area (Å²) in [5.74, 6) is 0.412. The van der Waals surface area contributed by atoms with Crippen molar-refractivity contribution in [1.29, 1.82) is 0 Å². The van der Waals surface area contributed by atoms with Crippen molar-refractivity contribution in [2.45, 2.75) is 17.9 Å². The van der Waals surface area contributed by atoms with Crippen LogP contribution >= 0.6 is 0 Å². The first-order valence-corrected chi connectivity index (χ1v) is 8.38. The Morgan fingerprint density at radius 3 is 2.75 bits per heavy atom.